The minimum absolute atomic E-state index is 0.0368. The van der Waals surface area contributed by atoms with Crippen molar-refractivity contribution in [3.63, 3.8) is 0 Å². The lowest BCUT2D eigenvalue weighted by atomic mass is 9.97. The number of alkyl halides is 3. The van der Waals surface area contributed by atoms with Gasteiger partial charge in [0, 0.05) is 26.7 Å². The Kier molecular flexibility index (Phi) is 6.12. The number of halogens is 3. The first kappa shape index (κ1) is 21.1. The molecular formula is C21H24F3N3O2. The summed E-state index contributed by atoms with van der Waals surface area (Å²) in [5.74, 6) is 0.769. The Morgan fingerprint density at radius 2 is 1.90 bits per heavy atom. The fourth-order valence-corrected chi connectivity index (χ4v) is 3.55. The third-order valence-corrected chi connectivity index (χ3v) is 4.96. The number of amides is 1. The van der Waals surface area contributed by atoms with Gasteiger partial charge < -0.3 is 10.1 Å². The quantitative estimate of drug-likeness (QED) is 0.797. The molecule has 3 rings (SSSR count). The van der Waals surface area contributed by atoms with Gasteiger partial charge in [0.15, 0.2) is 0 Å². The maximum Gasteiger partial charge on any atom is 0.433 e. The van der Waals surface area contributed by atoms with Crippen LogP contribution in [0.25, 0.3) is 0 Å². The van der Waals surface area contributed by atoms with Crippen LogP contribution in [0.5, 0.6) is 5.75 Å². The summed E-state index contributed by atoms with van der Waals surface area (Å²) in [7, 11) is 1.64. The van der Waals surface area contributed by atoms with Gasteiger partial charge >= 0.3 is 6.18 Å². The summed E-state index contributed by atoms with van der Waals surface area (Å²) in [5.41, 5.74) is 2.24. The van der Waals surface area contributed by atoms with Gasteiger partial charge in [0.05, 0.1) is 11.6 Å². The summed E-state index contributed by atoms with van der Waals surface area (Å²) in [6.45, 7) is 5.99. The Morgan fingerprint density at radius 1 is 1.24 bits per heavy atom. The number of ether oxygens (including phenoxy) is 1. The Labute approximate surface area is 167 Å². The van der Waals surface area contributed by atoms with Crippen LogP contribution >= 0.6 is 0 Å². The second kappa shape index (κ2) is 8.41. The van der Waals surface area contributed by atoms with Gasteiger partial charge in [-0.2, -0.15) is 13.2 Å². The van der Waals surface area contributed by atoms with Crippen molar-refractivity contribution in [2.75, 3.05) is 20.1 Å². The molecule has 1 aromatic heterocycles. The van der Waals surface area contributed by atoms with Crippen LogP contribution in [0.1, 0.15) is 28.1 Å². The van der Waals surface area contributed by atoms with Gasteiger partial charge in [-0.05, 0) is 42.7 Å². The van der Waals surface area contributed by atoms with Crippen molar-refractivity contribution >= 4 is 5.91 Å². The molecule has 1 aliphatic heterocycles. The minimum Gasteiger partial charge on any atom is -0.487 e. The Bertz CT molecular complexity index is 870. The summed E-state index contributed by atoms with van der Waals surface area (Å²) in [6, 6.07) is 7.81. The number of likely N-dealkylation sites (tertiary alicyclic amines) is 1. The molecule has 0 bridgehead atoms. The van der Waals surface area contributed by atoms with Gasteiger partial charge in [-0.1, -0.05) is 18.2 Å². The van der Waals surface area contributed by atoms with Gasteiger partial charge in [0.1, 0.15) is 18.1 Å². The fraction of sp³-hybridized carbons (Fsp3) is 0.429. The topological polar surface area (TPSA) is 54.5 Å². The van der Waals surface area contributed by atoms with Gasteiger partial charge in [-0.3, -0.25) is 9.69 Å². The van der Waals surface area contributed by atoms with E-state index in [2.05, 4.69) is 15.2 Å². The van der Waals surface area contributed by atoms with Crippen LogP contribution in [0.3, 0.4) is 0 Å². The molecule has 1 amide bonds. The van der Waals surface area contributed by atoms with Crippen molar-refractivity contribution in [1.82, 2.24) is 15.2 Å². The molecule has 29 heavy (non-hydrogen) atoms. The number of nitrogens with zero attached hydrogens (tertiary/aromatic N) is 2. The molecule has 1 fully saturated rings. The van der Waals surface area contributed by atoms with Crippen molar-refractivity contribution in [2.45, 2.75) is 33.2 Å². The van der Waals surface area contributed by atoms with Crippen LogP contribution in [0.4, 0.5) is 13.2 Å². The smallest absolute Gasteiger partial charge is 0.433 e. The number of carbonyl (C=O) groups is 1. The van der Waals surface area contributed by atoms with Crippen LogP contribution in [0, 0.1) is 19.8 Å². The Morgan fingerprint density at radius 3 is 2.48 bits per heavy atom. The molecular weight excluding hydrogens is 383 g/mol. The molecule has 0 radical (unpaired) electrons. The van der Waals surface area contributed by atoms with E-state index < -0.39 is 11.9 Å². The van der Waals surface area contributed by atoms with E-state index in [1.54, 1.807) is 7.05 Å². The largest absolute Gasteiger partial charge is 0.487 e. The number of hydrogen-bond donors (Lipinski definition) is 1. The second-order valence-electron chi connectivity index (χ2n) is 7.36. The molecule has 2 aromatic rings. The minimum atomic E-state index is -4.48. The zero-order valence-electron chi connectivity index (χ0n) is 16.6. The highest BCUT2D eigenvalue weighted by Crippen LogP contribution is 2.29. The molecule has 0 aliphatic carbocycles. The van der Waals surface area contributed by atoms with Gasteiger partial charge in [0.25, 0.3) is 0 Å². The normalized spacial score (nSPS) is 15.1. The summed E-state index contributed by atoms with van der Waals surface area (Å²) in [4.78, 5) is 17.4. The van der Waals surface area contributed by atoms with Crippen LogP contribution in [0.2, 0.25) is 0 Å². The first-order valence-electron chi connectivity index (χ1n) is 9.37. The monoisotopic (exact) mass is 407 g/mol. The molecule has 1 N–H and O–H groups in total. The maximum absolute atomic E-state index is 12.8. The van der Waals surface area contributed by atoms with Crippen molar-refractivity contribution < 1.29 is 22.7 Å². The van der Waals surface area contributed by atoms with E-state index in [4.69, 9.17) is 4.74 Å². The van der Waals surface area contributed by atoms with Crippen LogP contribution < -0.4 is 10.1 Å². The van der Waals surface area contributed by atoms with E-state index in [1.165, 1.54) is 12.1 Å². The van der Waals surface area contributed by atoms with E-state index >= 15 is 0 Å². The third kappa shape index (κ3) is 5.06. The predicted molar refractivity (Wildman–Crippen MR) is 102 cm³/mol. The number of hydrogen-bond acceptors (Lipinski definition) is 4. The van der Waals surface area contributed by atoms with Crippen LogP contribution in [0.15, 0.2) is 30.3 Å². The highest BCUT2D eigenvalue weighted by Gasteiger charge is 2.33. The lowest BCUT2D eigenvalue weighted by molar-refractivity contribution is -0.141. The lowest BCUT2D eigenvalue weighted by Crippen LogP contribution is -2.52. The van der Waals surface area contributed by atoms with E-state index in [1.807, 2.05) is 26.0 Å². The first-order valence-corrected chi connectivity index (χ1v) is 9.37. The van der Waals surface area contributed by atoms with Crippen molar-refractivity contribution in [2.24, 2.45) is 5.92 Å². The van der Waals surface area contributed by atoms with E-state index in [-0.39, 0.29) is 24.1 Å². The van der Waals surface area contributed by atoms with Gasteiger partial charge in [-0.25, -0.2) is 4.98 Å². The molecule has 0 atom stereocenters. The maximum atomic E-state index is 12.8. The molecule has 1 aromatic carbocycles. The highest BCUT2D eigenvalue weighted by atomic mass is 19.4. The number of pyridine rings is 1. The average molecular weight is 407 g/mol. The number of benzene rings is 1. The van der Waals surface area contributed by atoms with Crippen molar-refractivity contribution in [3.8, 4) is 5.75 Å². The molecule has 0 saturated carbocycles. The summed E-state index contributed by atoms with van der Waals surface area (Å²) >= 11 is 0. The summed E-state index contributed by atoms with van der Waals surface area (Å²) < 4.78 is 44.2. The van der Waals surface area contributed by atoms with E-state index in [9.17, 15) is 18.0 Å². The summed E-state index contributed by atoms with van der Waals surface area (Å²) in [5, 5.41) is 2.67. The Hall–Kier alpha value is -2.61. The zero-order chi connectivity index (χ0) is 21.2. The molecule has 8 heteroatoms. The molecule has 156 valence electrons. The zero-order valence-corrected chi connectivity index (χ0v) is 16.6. The number of carbonyl (C=O) groups excluding carboxylic acids is 1. The number of rotatable bonds is 6. The second-order valence-corrected chi connectivity index (χ2v) is 7.36. The molecule has 0 unspecified atom stereocenters. The number of aromatic nitrogens is 1. The van der Waals surface area contributed by atoms with Crippen LogP contribution in [-0.2, 0) is 24.1 Å². The van der Waals surface area contributed by atoms with Gasteiger partial charge in [-0.15, -0.1) is 0 Å². The Balaban J connectivity index is 1.62. The van der Waals surface area contributed by atoms with E-state index in [0.717, 1.165) is 42.4 Å². The average Bonchev–Trinajstić information content (AvgIpc) is 2.62. The predicted octanol–water partition coefficient (Wildman–Crippen LogP) is 3.47. The van der Waals surface area contributed by atoms with Crippen molar-refractivity contribution in [1.29, 1.82) is 0 Å². The molecule has 5 nitrogen and oxygen atoms in total. The molecule has 0 spiro atoms. The van der Waals surface area contributed by atoms with E-state index in [0.29, 0.717) is 5.75 Å². The molecule has 1 aliphatic rings. The lowest BCUT2D eigenvalue weighted by Gasteiger charge is -2.38. The highest BCUT2D eigenvalue weighted by molar-refractivity contribution is 5.79. The molecule has 1 saturated heterocycles. The third-order valence-electron chi connectivity index (χ3n) is 4.96. The number of nitrogens with one attached hydrogen (secondary N) is 1. The van der Waals surface area contributed by atoms with Gasteiger partial charge in [0.2, 0.25) is 5.91 Å². The molecule has 2 heterocycles. The summed E-state index contributed by atoms with van der Waals surface area (Å²) in [6.07, 6.45) is -4.48. The van der Waals surface area contributed by atoms with Crippen molar-refractivity contribution in [3.05, 3.63) is 58.4 Å². The number of aryl methyl sites for hydroxylation is 2. The first-order chi connectivity index (χ1) is 13.7. The standard InChI is InChI=1S/C21H24F3N3O2/c1-13-7-15(9-27-10-16(11-27)20(28)25-3)8-14(2)19(13)29-12-17-5-4-6-18(26-17)21(22,23)24/h4-8,16H,9-12H2,1-3H3,(H,25,28). The van der Waals surface area contributed by atoms with Crippen LogP contribution in [-0.4, -0.2) is 35.9 Å². The fourth-order valence-electron chi connectivity index (χ4n) is 3.55. The SMILES string of the molecule is CNC(=O)C1CN(Cc2cc(C)c(OCc3cccc(C(F)(F)F)n3)c(C)c2)C1.